The van der Waals surface area contributed by atoms with Gasteiger partial charge in [-0.25, -0.2) is 0 Å². The molecule has 4 nitrogen and oxygen atoms in total. The third kappa shape index (κ3) is 14.9. The van der Waals surface area contributed by atoms with Crippen LogP contribution in [0.4, 0.5) is 0 Å². The second-order valence-electron chi connectivity index (χ2n) is 4.93. The molecule has 0 fully saturated rings. The molecule has 0 aliphatic heterocycles. The molecule has 0 radical (unpaired) electrons. The summed E-state index contributed by atoms with van der Waals surface area (Å²) in [5, 5.41) is 2.74. The minimum Gasteiger partial charge on any atom is -0.466 e. The SMILES string of the molecule is CCCCCCCOC(=O)CCCCCNC(C)=O. The van der Waals surface area contributed by atoms with Crippen LogP contribution in [0.2, 0.25) is 0 Å². The van der Waals surface area contributed by atoms with E-state index in [4.69, 9.17) is 4.74 Å². The van der Waals surface area contributed by atoms with Gasteiger partial charge in [0.1, 0.15) is 0 Å². The summed E-state index contributed by atoms with van der Waals surface area (Å²) < 4.78 is 5.16. The maximum Gasteiger partial charge on any atom is 0.305 e. The predicted molar refractivity (Wildman–Crippen MR) is 76.9 cm³/mol. The van der Waals surface area contributed by atoms with E-state index in [-0.39, 0.29) is 11.9 Å². The minimum atomic E-state index is -0.0879. The Bertz CT molecular complexity index is 242. The van der Waals surface area contributed by atoms with Gasteiger partial charge in [-0.1, -0.05) is 39.0 Å². The number of unbranched alkanes of at least 4 members (excludes halogenated alkanes) is 6. The molecule has 0 aromatic rings. The highest BCUT2D eigenvalue weighted by atomic mass is 16.5. The molecule has 4 heteroatoms. The van der Waals surface area contributed by atoms with Crippen LogP contribution in [0.25, 0.3) is 0 Å². The summed E-state index contributed by atoms with van der Waals surface area (Å²) >= 11 is 0. The highest BCUT2D eigenvalue weighted by Gasteiger charge is 2.02. The first-order chi connectivity index (χ1) is 9.16. The summed E-state index contributed by atoms with van der Waals surface area (Å²) in [6, 6.07) is 0. The molecule has 0 aromatic carbocycles. The molecular formula is C15H29NO3. The summed E-state index contributed by atoms with van der Waals surface area (Å²) in [6.07, 6.45) is 9.07. The van der Waals surface area contributed by atoms with Gasteiger partial charge in [0.2, 0.25) is 5.91 Å². The first-order valence-electron chi connectivity index (χ1n) is 7.57. The van der Waals surface area contributed by atoms with E-state index in [1.807, 2.05) is 0 Å². The molecule has 0 heterocycles. The van der Waals surface area contributed by atoms with E-state index in [0.717, 1.165) is 32.1 Å². The Balaban J connectivity index is 3.19. The van der Waals surface area contributed by atoms with Crippen molar-refractivity contribution in [1.29, 1.82) is 0 Å². The van der Waals surface area contributed by atoms with Crippen molar-refractivity contribution in [2.75, 3.05) is 13.2 Å². The van der Waals surface area contributed by atoms with Crippen LogP contribution in [0.5, 0.6) is 0 Å². The van der Waals surface area contributed by atoms with Crippen molar-refractivity contribution < 1.29 is 14.3 Å². The van der Waals surface area contributed by atoms with E-state index in [1.54, 1.807) is 0 Å². The molecule has 19 heavy (non-hydrogen) atoms. The van der Waals surface area contributed by atoms with Crippen molar-refractivity contribution in [3.05, 3.63) is 0 Å². The van der Waals surface area contributed by atoms with E-state index in [2.05, 4.69) is 12.2 Å². The van der Waals surface area contributed by atoms with Crippen molar-refractivity contribution in [1.82, 2.24) is 5.32 Å². The number of amides is 1. The number of ether oxygens (including phenoxy) is 1. The molecule has 0 bridgehead atoms. The number of carbonyl (C=O) groups excluding carboxylic acids is 2. The van der Waals surface area contributed by atoms with Gasteiger partial charge in [-0.2, -0.15) is 0 Å². The third-order valence-corrected chi connectivity index (χ3v) is 2.94. The zero-order valence-electron chi connectivity index (χ0n) is 12.5. The second kappa shape index (κ2) is 13.4. The second-order valence-corrected chi connectivity index (χ2v) is 4.93. The number of carbonyl (C=O) groups is 2. The lowest BCUT2D eigenvalue weighted by molar-refractivity contribution is -0.143. The molecule has 0 aromatic heterocycles. The molecule has 0 rings (SSSR count). The quantitative estimate of drug-likeness (QED) is 0.438. The van der Waals surface area contributed by atoms with Gasteiger partial charge in [0.05, 0.1) is 6.61 Å². The highest BCUT2D eigenvalue weighted by Crippen LogP contribution is 2.04. The predicted octanol–water partition coefficient (Wildman–Crippen LogP) is 3.20. The van der Waals surface area contributed by atoms with Crippen molar-refractivity contribution >= 4 is 11.9 Å². The lowest BCUT2D eigenvalue weighted by atomic mass is 10.2. The standard InChI is InChI=1S/C15H29NO3/c1-3-4-5-6-10-13-19-15(18)11-8-7-9-12-16-14(2)17/h3-13H2,1-2H3,(H,16,17). The zero-order valence-corrected chi connectivity index (χ0v) is 12.5. The van der Waals surface area contributed by atoms with E-state index in [1.165, 1.54) is 26.2 Å². The first-order valence-corrected chi connectivity index (χ1v) is 7.57. The molecule has 0 unspecified atom stereocenters. The summed E-state index contributed by atoms with van der Waals surface area (Å²) in [4.78, 5) is 22.0. The fraction of sp³-hybridized carbons (Fsp3) is 0.867. The molecule has 1 N–H and O–H groups in total. The van der Waals surface area contributed by atoms with Gasteiger partial charge < -0.3 is 10.1 Å². The van der Waals surface area contributed by atoms with Gasteiger partial charge >= 0.3 is 5.97 Å². The van der Waals surface area contributed by atoms with E-state index < -0.39 is 0 Å². The highest BCUT2D eigenvalue weighted by molar-refractivity contribution is 5.72. The van der Waals surface area contributed by atoms with Crippen LogP contribution < -0.4 is 5.32 Å². The lowest BCUT2D eigenvalue weighted by Crippen LogP contribution is -2.20. The summed E-state index contributed by atoms with van der Waals surface area (Å²) in [5.74, 6) is -0.0856. The van der Waals surface area contributed by atoms with Crippen LogP contribution in [0.1, 0.15) is 71.6 Å². The van der Waals surface area contributed by atoms with Crippen LogP contribution in [0, 0.1) is 0 Å². The maximum atomic E-state index is 11.4. The molecule has 0 spiro atoms. The van der Waals surface area contributed by atoms with Crippen LogP contribution in [0.15, 0.2) is 0 Å². The Labute approximate surface area is 117 Å². The van der Waals surface area contributed by atoms with Gasteiger partial charge in [-0.05, 0) is 19.3 Å². The van der Waals surface area contributed by atoms with E-state index >= 15 is 0 Å². The fourth-order valence-electron chi connectivity index (χ4n) is 1.80. The maximum absolute atomic E-state index is 11.4. The minimum absolute atomic E-state index is 0.00230. The van der Waals surface area contributed by atoms with Gasteiger partial charge in [-0.3, -0.25) is 9.59 Å². The van der Waals surface area contributed by atoms with Gasteiger partial charge in [0.15, 0.2) is 0 Å². The molecule has 0 saturated heterocycles. The molecule has 112 valence electrons. The van der Waals surface area contributed by atoms with E-state index in [0.29, 0.717) is 19.6 Å². The number of hydrogen-bond donors (Lipinski definition) is 1. The number of nitrogens with one attached hydrogen (secondary N) is 1. The molecule has 0 saturated carbocycles. The van der Waals surface area contributed by atoms with Crippen LogP contribution >= 0.6 is 0 Å². The molecule has 1 amide bonds. The summed E-state index contributed by atoms with van der Waals surface area (Å²) in [6.45, 7) is 4.96. The Morgan fingerprint density at radius 1 is 0.947 bits per heavy atom. The number of hydrogen-bond acceptors (Lipinski definition) is 3. The molecule has 0 aliphatic carbocycles. The smallest absolute Gasteiger partial charge is 0.305 e. The largest absolute Gasteiger partial charge is 0.466 e. The topological polar surface area (TPSA) is 55.4 Å². The average molecular weight is 271 g/mol. The number of esters is 1. The Morgan fingerprint density at radius 3 is 2.32 bits per heavy atom. The Morgan fingerprint density at radius 2 is 1.63 bits per heavy atom. The van der Waals surface area contributed by atoms with E-state index in [9.17, 15) is 9.59 Å². The van der Waals surface area contributed by atoms with Crippen molar-refractivity contribution in [2.45, 2.75) is 71.6 Å². The summed E-state index contributed by atoms with van der Waals surface area (Å²) in [5.41, 5.74) is 0. The van der Waals surface area contributed by atoms with Crippen molar-refractivity contribution in [3.63, 3.8) is 0 Å². The number of rotatable bonds is 12. The van der Waals surface area contributed by atoms with Crippen molar-refractivity contribution in [2.24, 2.45) is 0 Å². The fourth-order valence-corrected chi connectivity index (χ4v) is 1.80. The Hall–Kier alpha value is -1.06. The Kier molecular flexibility index (Phi) is 12.6. The normalized spacial score (nSPS) is 10.2. The van der Waals surface area contributed by atoms with Crippen LogP contribution in [0.3, 0.4) is 0 Å². The van der Waals surface area contributed by atoms with Gasteiger partial charge in [0.25, 0.3) is 0 Å². The zero-order chi connectivity index (χ0) is 14.3. The monoisotopic (exact) mass is 271 g/mol. The molecule has 0 aliphatic rings. The third-order valence-electron chi connectivity index (χ3n) is 2.94. The van der Waals surface area contributed by atoms with Gasteiger partial charge in [-0.15, -0.1) is 0 Å². The summed E-state index contributed by atoms with van der Waals surface area (Å²) in [7, 11) is 0. The lowest BCUT2D eigenvalue weighted by Gasteiger charge is -2.05. The van der Waals surface area contributed by atoms with Crippen LogP contribution in [-0.2, 0) is 14.3 Å². The van der Waals surface area contributed by atoms with Gasteiger partial charge in [0, 0.05) is 19.9 Å². The first kappa shape index (κ1) is 17.9. The molecular weight excluding hydrogens is 242 g/mol. The van der Waals surface area contributed by atoms with Crippen LogP contribution in [-0.4, -0.2) is 25.0 Å². The molecule has 0 atom stereocenters. The van der Waals surface area contributed by atoms with Crippen molar-refractivity contribution in [3.8, 4) is 0 Å². The average Bonchev–Trinajstić information content (AvgIpc) is 2.37.